The molecule has 0 unspecified atom stereocenters. The highest BCUT2D eigenvalue weighted by atomic mass is 32.1. The third-order valence-corrected chi connectivity index (χ3v) is 6.20. The van der Waals surface area contributed by atoms with Gasteiger partial charge in [-0.15, -0.1) is 11.3 Å². The van der Waals surface area contributed by atoms with E-state index in [4.69, 9.17) is 4.99 Å². The minimum absolute atomic E-state index is 0.0367. The van der Waals surface area contributed by atoms with Gasteiger partial charge < -0.3 is 9.88 Å². The summed E-state index contributed by atoms with van der Waals surface area (Å²) in [4.78, 5) is 30.1. The van der Waals surface area contributed by atoms with E-state index in [2.05, 4.69) is 16.8 Å². The van der Waals surface area contributed by atoms with E-state index in [0.29, 0.717) is 23.3 Å². The van der Waals surface area contributed by atoms with Crippen LogP contribution in [0.15, 0.2) is 77.2 Å². The largest absolute Gasteiger partial charge is 0.347 e. The number of carbonyl (C=O) groups excluding carboxylic acids is 2. The van der Waals surface area contributed by atoms with Crippen LogP contribution in [0, 0.1) is 0 Å². The van der Waals surface area contributed by atoms with Crippen molar-refractivity contribution >= 4 is 34.5 Å². The molecule has 4 aromatic rings. The number of hydrogen-bond acceptors (Lipinski definition) is 4. The van der Waals surface area contributed by atoms with Gasteiger partial charge in [-0.3, -0.25) is 15.0 Å². The van der Waals surface area contributed by atoms with E-state index in [1.165, 1.54) is 11.3 Å². The number of para-hydroxylation sites is 1. The molecule has 2 aromatic heterocycles. The maximum absolute atomic E-state index is 13.0. The number of hydrogen-bond donors (Lipinski definition) is 2. The monoisotopic (exact) mass is 443 g/mol. The van der Waals surface area contributed by atoms with Crippen LogP contribution in [0.1, 0.15) is 22.5 Å². The number of nitrogens with one attached hydrogen (secondary N) is 2. The van der Waals surface area contributed by atoms with E-state index in [0.717, 1.165) is 28.2 Å². The van der Waals surface area contributed by atoms with Gasteiger partial charge in [-0.05, 0) is 48.4 Å². The van der Waals surface area contributed by atoms with Crippen LogP contribution in [0.2, 0.25) is 0 Å². The lowest BCUT2D eigenvalue weighted by atomic mass is 9.99. The quantitative estimate of drug-likeness (QED) is 0.499. The highest BCUT2D eigenvalue weighted by Gasteiger charge is 2.18. The zero-order valence-corrected chi connectivity index (χ0v) is 18.2. The van der Waals surface area contributed by atoms with Gasteiger partial charge in [-0.1, -0.05) is 24.3 Å². The topological polar surface area (TPSA) is 80.4 Å². The predicted octanol–water partition coefficient (Wildman–Crippen LogP) is 4.06. The van der Waals surface area contributed by atoms with Crippen molar-refractivity contribution in [1.82, 2.24) is 9.24 Å². The van der Waals surface area contributed by atoms with Crippen LogP contribution in [0.3, 0.4) is 0 Å². The molecule has 7 nitrogen and oxygen atoms in total. The van der Waals surface area contributed by atoms with Gasteiger partial charge in [0, 0.05) is 36.3 Å². The van der Waals surface area contributed by atoms with Gasteiger partial charge in [0.05, 0.1) is 11.4 Å². The van der Waals surface area contributed by atoms with Gasteiger partial charge in [-0.25, -0.2) is 9.67 Å². The van der Waals surface area contributed by atoms with Gasteiger partial charge >= 0.3 is 0 Å². The third-order valence-electron chi connectivity index (χ3n) is 5.38. The number of anilines is 1. The van der Waals surface area contributed by atoms with Crippen molar-refractivity contribution < 1.29 is 9.59 Å². The normalized spacial score (nSPS) is 13.5. The minimum Gasteiger partial charge on any atom is -0.347 e. The number of fused-ring (bicyclic) bond motifs is 1. The van der Waals surface area contributed by atoms with Gasteiger partial charge in [0.2, 0.25) is 10.7 Å². The molecule has 32 heavy (non-hydrogen) atoms. The van der Waals surface area contributed by atoms with Crippen molar-refractivity contribution in [3.63, 3.8) is 0 Å². The Morgan fingerprint density at radius 3 is 2.72 bits per heavy atom. The van der Waals surface area contributed by atoms with Gasteiger partial charge in [0.25, 0.3) is 5.91 Å². The Morgan fingerprint density at radius 2 is 1.94 bits per heavy atom. The first-order chi connectivity index (χ1) is 15.6. The molecule has 0 atom stereocenters. The summed E-state index contributed by atoms with van der Waals surface area (Å²) in [5.74, 6) is -0.188. The van der Waals surface area contributed by atoms with E-state index in [9.17, 15) is 9.59 Å². The highest BCUT2D eigenvalue weighted by molar-refractivity contribution is 7.07. The molecule has 0 spiro atoms. The molecular formula is C24H21N5O2S. The summed E-state index contributed by atoms with van der Waals surface area (Å²) >= 11 is 1.45. The smallest absolute Gasteiger partial charge is 0.286 e. The first-order valence-electron chi connectivity index (χ1n) is 10.2. The molecule has 2 aromatic carbocycles. The molecule has 1 aliphatic rings. The molecule has 2 amide bonds. The highest BCUT2D eigenvalue weighted by Crippen LogP contribution is 2.29. The number of thiazole rings is 1. The van der Waals surface area contributed by atoms with Crippen LogP contribution in [0.25, 0.3) is 11.3 Å². The van der Waals surface area contributed by atoms with E-state index in [-0.39, 0.29) is 11.8 Å². The molecule has 3 heterocycles. The van der Waals surface area contributed by atoms with Crippen molar-refractivity contribution in [2.24, 2.45) is 12.0 Å². The van der Waals surface area contributed by atoms with Gasteiger partial charge in [0.1, 0.15) is 5.69 Å². The number of carbonyl (C=O) groups is 2. The molecule has 1 aliphatic heterocycles. The number of benzene rings is 2. The van der Waals surface area contributed by atoms with Crippen LogP contribution in [0.5, 0.6) is 0 Å². The number of aromatic nitrogens is 2. The van der Waals surface area contributed by atoms with E-state index >= 15 is 0 Å². The van der Waals surface area contributed by atoms with Crippen LogP contribution in [-0.4, -0.2) is 21.1 Å². The van der Waals surface area contributed by atoms with Crippen LogP contribution in [-0.2, 0) is 18.3 Å². The number of rotatable bonds is 4. The summed E-state index contributed by atoms with van der Waals surface area (Å²) in [5, 5.41) is 4.90. The molecule has 0 bridgehead atoms. The first-order valence-corrected chi connectivity index (χ1v) is 11.1. The van der Waals surface area contributed by atoms with Crippen molar-refractivity contribution in [3.05, 3.63) is 88.3 Å². The molecule has 0 saturated carbocycles. The van der Waals surface area contributed by atoms with Crippen molar-refractivity contribution in [1.29, 1.82) is 0 Å². The number of nitrogens with zero attached hydrogens (tertiary/aromatic N) is 3. The standard InChI is InChI=1S/C24H21N5O2S/c1-28-13-5-8-20(28)23(31)27-29-21(15-32-24(29)25-18-6-3-2-4-7-18)17-9-11-19-16(14-17)10-12-22(30)26-19/h2-9,11,13-15H,10,12H2,1H3,(H,26,30)(H,27,31). The maximum Gasteiger partial charge on any atom is 0.286 e. The van der Waals surface area contributed by atoms with Gasteiger partial charge in [-0.2, -0.15) is 0 Å². The number of aryl methyl sites for hydroxylation is 2. The summed E-state index contributed by atoms with van der Waals surface area (Å²) in [5.41, 5.74) is 8.05. The fourth-order valence-corrected chi connectivity index (χ4v) is 4.58. The molecule has 8 heteroatoms. The van der Waals surface area contributed by atoms with Crippen molar-refractivity contribution in [2.75, 3.05) is 10.7 Å². The summed E-state index contributed by atoms with van der Waals surface area (Å²) in [6.45, 7) is 0. The number of amides is 2. The Hall–Kier alpha value is -3.91. The Labute approximate surface area is 188 Å². The average molecular weight is 444 g/mol. The Bertz CT molecular complexity index is 1380. The maximum atomic E-state index is 13.0. The van der Waals surface area contributed by atoms with Crippen molar-refractivity contribution in [3.8, 4) is 11.3 Å². The van der Waals surface area contributed by atoms with Crippen LogP contribution in [0.4, 0.5) is 11.4 Å². The SMILES string of the molecule is Cn1cccc1C(=O)Nn1c(-c2ccc3c(c2)CCC(=O)N3)csc1=Nc1ccccc1. The molecule has 0 saturated heterocycles. The van der Waals surface area contributed by atoms with Gasteiger partial charge in [0.15, 0.2) is 0 Å². The second kappa shape index (κ2) is 8.32. The molecule has 0 radical (unpaired) electrons. The Morgan fingerprint density at radius 1 is 1.09 bits per heavy atom. The van der Waals surface area contributed by atoms with Crippen LogP contribution >= 0.6 is 11.3 Å². The Balaban J connectivity index is 1.60. The summed E-state index contributed by atoms with van der Waals surface area (Å²) in [6.07, 6.45) is 3.00. The summed E-state index contributed by atoms with van der Waals surface area (Å²) in [6, 6.07) is 19.2. The molecule has 160 valence electrons. The lowest BCUT2D eigenvalue weighted by Crippen LogP contribution is -2.32. The second-order valence-electron chi connectivity index (χ2n) is 7.55. The fraction of sp³-hybridized carbons (Fsp3) is 0.125. The zero-order chi connectivity index (χ0) is 22.1. The Kier molecular flexibility index (Phi) is 5.20. The van der Waals surface area contributed by atoms with E-state index in [1.807, 2.05) is 67.2 Å². The summed E-state index contributed by atoms with van der Waals surface area (Å²) in [7, 11) is 1.83. The fourth-order valence-electron chi connectivity index (χ4n) is 3.71. The molecule has 0 fully saturated rings. The average Bonchev–Trinajstić information content (AvgIpc) is 3.40. The zero-order valence-electron chi connectivity index (χ0n) is 17.4. The summed E-state index contributed by atoms with van der Waals surface area (Å²) < 4.78 is 3.51. The molecular weight excluding hydrogens is 422 g/mol. The third kappa shape index (κ3) is 3.88. The van der Waals surface area contributed by atoms with E-state index < -0.39 is 0 Å². The van der Waals surface area contributed by atoms with E-state index in [1.54, 1.807) is 15.3 Å². The molecule has 2 N–H and O–H groups in total. The molecule has 0 aliphatic carbocycles. The second-order valence-corrected chi connectivity index (χ2v) is 8.39. The first kappa shape index (κ1) is 20.0. The van der Waals surface area contributed by atoms with Crippen LogP contribution < -0.4 is 15.5 Å². The predicted molar refractivity (Wildman–Crippen MR) is 125 cm³/mol. The molecule has 5 rings (SSSR count). The lowest BCUT2D eigenvalue weighted by molar-refractivity contribution is -0.116. The lowest BCUT2D eigenvalue weighted by Gasteiger charge is -2.18. The van der Waals surface area contributed by atoms with Crippen molar-refractivity contribution in [2.45, 2.75) is 12.8 Å². The minimum atomic E-state index is -0.225.